The van der Waals surface area contributed by atoms with Gasteiger partial charge in [0.15, 0.2) is 9.84 Å². The van der Waals surface area contributed by atoms with Crippen LogP contribution in [0.3, 0.4) is 0 Å². The summed E-state index contributed by atoms with van der Waals surface area (Å²) in [5, 5.41) is 5.14. The van der Waals surface area contributed by atoms with E-state index >= 15 is 0 Å². The first-order valence-corrected chi connectivity index (χ1v) is 11.6. The van der Waals surface area contributed by atoms with E-state index in [1.54, 1.807) is 6.07 Å². The number of sulfone groups is 1. The lowest BCUT2D eigenvalue weighted by Gasteiger charge is -2.16. The fraction of sp³-hybridized carbons (Fsp3) is 0.364. The Bertz CT molecular complexity index is 1050. The summed E-state index contributed by atoms with van der Waals surface area (Å²) in [6.07, 6.45) is 0.516. The van der Waals surface area contributed by atoms with Crippen LogP contribution in [0.1, 0.15) is 29.3 Å². The highest BCUT2D eigenvalue weighted by Crippen LogP contribution is 2.22. The van der Waals surface area contributed by atoms with Gasteiger partial charge in [0.1, 0.15) is 11.9 Å². The van der Waals surface area contributed by atoms with Crippen LogP contribution in [-0.4, -0.2) is 44.3 Å². The highest BCUT2D eigenvalue weighted by atomic mass is 32.2. The molecule has 0 aliphatic carbocycles. The summed E-state index contributed by atoms with van der Waals surface area (Å²) < 4.78 is 37.5. The molecular weight excluding hydrogens is 407 g/mol. The first-order chi connectivity index (χ1) is 14.1. The summed E-state index contributed by atoms with van der Waals surface area (Å²) in [5.74, 6) is -1.72. The minimum Gasteiger partial charge on any atom is -0.354 e. The standard InChI is InChI=1S/C22H25FN2O4S/c1-14-3-5-17(6-4-14)18-7-8-19(20(23)11-18)22(27)25-15(2)21(26)24-12-16-9-10-30(28,29)13-16/h3-8,11,15-16H,9-10,12-13H2,1-2H3,(H,24,26)(H,25,27). The van der Waals surface area contributed by atoms with E-state index in [4.69, 9.17) is 0 Å². The molecule has 2 aromatic carbocycles. The molecule has 1 aliphatic heterocycles. The molecule has 0 aromatic heterocycles. The summed E-state index contributed by atoms with van der Waals surface area (Å²) in [5.41, 5.74) is 2.44. The third kappa shape index (κ3) is 5.44. The molecule has 1 saturated heterocycles. The SMILES string of the molecule is Cc1ccc(-c2ccc(C(=O)NC(C)C(=O)NCC3CCS(=O)(=O)C3)c(F)c2)cc1. The summed E-state index contributed by atoms with van der Waals surface area (Å²) in [6, 6.07) is 11.1. The van der Waals surface area contributed by atoms with Gasteiger partial charge in [-0.15, -0.1) is 0 Å². The van der Waals surface area contributed by atoms with E-state index in [9.17, 15) is 22.4 Å². The summed E-state index contributed by atoms with van der Waals surface area (Å²) in [6.45, 7) is 3.69. The number of amides is 2. The smallest absolute Gasteiger partial charge is 0.254 e. The molecule has 2 N–H and O–H groups in total. The highest BCUT2D eigenvalue weighted by molar-refractivity contribution is 7.91. The molecule has 0 saturated carbocycles. The zero-order valence-electron chi connectivity index (χ0n) is 16.9. The molecule has 1 heterocycles. The van der Waals surface area contributed by atoms with E-state index in [1.165, 1.54) is 19.1 Å². The van der Waals surface area contributed by atoms with Crippen molar-refractivity contribution in [1.82, 2.24) is 10.6 Å². The van der Waals surface area contributed by atoms with Crippen molar-refractivity contribution in [2.75, 3.05) is 18.1 Å². The van der Waals surface area contributed by atoms with Crippen LogP contribution < -0.4 is 10.6 Å². The zero-order chi connectivity index (χ0) is 21.9. The van der Waals surface area contributed by atoms with Crippen LogP contribution in [0.25, 0.3) is 11.1 Å². The molecule has 2 aromatic rings. The molecule has 2 atom stereocenters. The maximum atomic E-state index is 14.5. The Balaban J connectivity index is 1.58. The molecule has 2 amide bonds. The normalized spacial score (nSPS) is 18.6. The molecule has 3 rings (SSSR count). The van der Waals surface area contributed by atoms with Crippen LogP contribution in [0, 0.1) is 18.7 Å². The minimum absolute atomic E-state index is 0.0621. The van der Waals surface area contributed by atoms with Crippen molar-refractivity contribution in [3.63, 3.8) is 0 Å². The Labute approximate surface area is 175 Å². The lowest BCUT2D eigenvalue weighted by molar-refractivity contribution is -0.122. The number of carbonyl (C=O) groups excluding carboxylic acids is 2. The lowest BCUT2D eigenvalue weighted by Crippen LogP contribution is -2.46. The molecule has 2 unspecified atom stereocenters. The van der Waals surface area contributed by atoms with Gasteiger partial charge in [-0.1, -0.05) is 35.9 Å². The van der Waals surface area contributed by atoms with Crippen molar-refractivity contribution in [3.8, 4) is 11.1 Å². The topological polar surface area (TPSA) is 92.3 Å². The number of nitrogens with one attached hydrogen (secondary N) is 2. The molecule has 160 valence electrons. The van der Waals surface area contributed by atoms with Crippen molar-refractivity contribution in [1.29, 1.82) is 0 Å². The van der Waals surface area contributed by atoms with Crippen molar-refractivity contribution in [2.24, 2.45) is 5.92 Å². The monoisotopic (exact) mass is 432 g/mol. The molecule has 6 nitrogen and oxygen atoms in total. The fourth-order valence-corrected chi connectivity index (χ4v) is 5.26. The summed E-state index contributed by atoms with van der Waals surface area (Å²) in [7, 11) is -3.01. The predicted molar refractivity (Wildman–Crippen MR) is 113 cm³/mol. The van der Waals surface area contributed by atoms with Crippen molar-refractivity contribution >= 4 is 21.7 Å². The van der Waals surface area contributed by atoms with E-state index in [0.29, 0.717) is 12.0 Å². The molecule has 0 bridgehead atoms. The van der Waals surface area contributed by atoms with Crippen LogP contribution in [0.4, 0.5) is 4.39 Å². The maximum absolute atomic E-state index is 14.5. The predicted octanol–water partition coefficient (Wildman–Crippen LogP) is 2.47. The van der Waals surface area contributed by atoms with Crippen LogP contribution >= 0.6 is 0 Å². The molecule has 1 aliphatic rings. The highest BCUT2D eigenvalue weighted by Gasteiger charge is 2.28. The van der Waals surface area contributed by atoms with E-state index in [2.05, 4.69) is 10.6 Å². The number of hydrogen-bond acceptors (Lipinski definition) is 4. The van der Waals surface area contributed by atoms with E-state index < -0.39 is 33.5 Å². The van der Waals surface area contributed by atoms with Gasteiger partial charge in [0.2, 0.25) is 5.91 Å². The zero-order valence-corrected chi connectivity index (χ0v) is 17.8. The second kappa shape index (κ2) is 8.95. The second-order valence-electron chi connectivity index (χ2n) is 7.77. The van der Waals surface area contributed by atoms with Crippen molar-refractivity contribution in [3.05, 3.63) is 59.4 Å². The van der Waals surface area contributed by atoms with Gasteiger partial charge in [0.05, 0.1) is 17.1 Å². The molecule has 1 fully saturated rings. The Kier molecular flexibility index (Phi) is 6.55. The van der Waals surface area contributed by atoms with Gasteiger partial charge >= 0.3 is 0 Å². The van der Waals surface area contributed by atoms with Crippen LogP contribution in [0.5, 0.6) is 0 Å². The van der Waals surface area contributed by atoms with Gasteiger partial charge in [-0.3, -0.25) is 9.59 Å². The van der Waals surface area contributed by atoms with Crippen LogP contribution in [-0.2, 0) is 14.6 Å². The fourth-order valence-electron chi connectivity index (χ4n) is 3.40. The molecule has 0 radical (unpaired) electrons. The Morgan fingerprint density at radius 1 is 1.13 bits per heavy atom. The summed E-state index contributed by atoms with van der Waals surface area (Å²) in [4.78, 5) is 24.6. The van der Waals surface area contributed by atoms with Gasteiger partial charge in [-0.25, -0.2) is 12.8 Å². The van der Waals surface area contributed by atoms with Gasteiger partial charge in [-0.2, -0.15) is 0 Å². The Morgan fingerprint density at radius 3 is 2.40 bits per heavy atom. The van der Waals surface area contributed by atoms with Gasteiger partial charge < -0.3 is 10.6 Å². The lowest BCUT2D eigenvalue weighted by atomic mass is 10.0. The van der Waals surface area contributed by atoms with Gasteiger partial charge in [0, 0.05) is 6.54 Å². The average molecular weight is 433 g/mol. The van der Waals surface area contributed by atoms with E-state index in [1.807, 2.05) is 31.2 Å². The number of benzene rings is 2. The largest absolute Gasteiger partial charge is 0.354 e. The summed E-state index contributed by atoms with van der Waals surface area (Å²) >= 11 is 0. The van der Waals surface area contributed by atoms with Crippen molar-refractivity contribution < 1.29 is 22.4 Å². The number of hydrogen-bond donors (Lipinski definition) is 2. The average Bonchev–Trinajstić information content (AvgIpc) is 3.05. The van der Waals surface area contributed by atoms with Crippen molar-refractivity contribution in [2.45, 2.75) is 26.3 Å². The molecule has 30 heavy (non-hydrogen) atoms. The molecule has 0 spiro atoms. The number of halogens is 1. The third-order valence-corrected chi connectivity index (χ3v) is 7.07. The van der Waals surface area contributed by atoms with Gasteiger partial charge in [0.25, 0.3) is 5.91 Å². The number of aryl methyl sites for hydroxylation is 1. The third-order valence-electron chi connectivity index (χ3n) is 5.23. The number of rotatable bonds is 6. The Morgan fingerprint density at radius 2 is 1.80 bits per heavy atom. The quantitative estimate of drug-likeness (QED) is 0.734. The second-order valence-corrected chi connectivity index (χ2v) is 10.00. The first kappa shape index (κ1) is 22.0. The molecule has 8 heteroatoms. The Hall–Kier alpha value is -2.74. The maximum Gasteiger partial charge on any atom is 0.254 e. The van der Waals surface area contributed by atoms with E-state index in [-0.39, 0.29) is 29.5 Å². The van der Waals surface area contributed by atoms with Crippen LogP contribution in [0.2, 0.25) is 0 Å². The van der Waals surface area contributed by atoms with E-state index in [0.717, 1.165) is 11.1 Å². The molecular formula is C22H25FN2O4S. The van der Waals surface area contributed by atoms with Gasteiger partial charge in [-0.05, 0) is 49.4 Å². The van der Waals surface area contributed by atoms with Crippen LogP contribution in [0.15, 0.2) is 42.5 Å². The number of carbonyl (C=O) groups is 2. The first-order valence-electron chi connectivity index (χ1n) is 9.80. The minimum atomic E-state index is -3.01.